The number of amides is 1. The van der Waals surface area contributed by atoms with E-state index in [1.165, 1.54) is 18.6 Å². The zero-order valence-electron chi connectivity index (χ0n) is 16.7. The fraction of sp³-hybridized carbons (Fsp3) is 0.450. The third-order valence-electron chi connectivity index (χ3n) is 5.75. The number of carbonyl (C=O) groups excluding carboxylic acids is 1. The molecule has 2 aliphatic rings. The first-order chi connectivity index (χ1) is 13.9. The molecule has 154 valence electrons. The third kappa shape index (κ3) is 3.90. The lowest BCUT2D eigenvalue weighted by Crippen LogP contribution is -2.37. The van der Waals surface area contributed by atoms with Crippen LogP contribution in [0.3, 0.4) is 0 Å². The molecule has 29 heavy (non-hydrogen) atoms. The largest absolute Gasteiger partial charge is 0.333 e. The van der Waals surface area contributed by atoms with Gasteiger partial charge in [0.25, 0.3) is 5.91 Å². The summed E-state index contributed by atoms with van der Waals surface area (Å²) in [6.07, 6.45) is 5.99. The third-order valence-corrected chi connectivity index (χ3v) is 7.61. The molecule has 0 aliphatic carbocycles. The molecule has 2 aromatic rings. The Bertz CT molecular complexity index is 1010. The summed E-state index contributed by atoms with van der Waals surface area (Å²) in [6, 6.07) is 5.54. The van der Waals surface area contributed by atoms with Gasteiger partial charge in [0.05, 0.1) is 11.1 Å². The number of hydrogen-bond donors (Lipinski definition) is 0. The first-order valence-corrected chi connectivity index (χ1v) is 11.1. The van der Waals surface area contributed by atoms with Gasteiger partial charge in [-0.25, -0.2) is 13.4 Å². The molecule has 0 bridgehead atoms. The Hall–Kier alpha value is -2.36. The van der Waals surface area contributed by atoms with E-state index >= 15 is 0 Å². The van der Waals surface area contributed by atoms with E-state index in [0.29, 0.717) is 43.2 Å². The Morgan fingerprint density at radius 1 is 1.17 bits per heavy atom. The van der Waals surface area contributed by atoms with Gasteiger partial charge < -0.3 is 9.80 Å². The number of fused-ring (bicyclic) bond motifs is 1. The molecular weight excluding hydrogens is 390 g/mol. The smallest absolute Gasteiger partial charge is 0.274 e. The summed E-state index contributed by atoms with van der Waals surface area (Å²) in [7, 11) is 0.402. The highest BCUT2D eigenvalue weighted by Gasteiger charge is 2.34. The average Bonchev–Trinajstić information content (AvgIpc) is 3.24. The van der Waals surface area contributed by atoms with Crippen LogP contribution in [0.2, 0.25) is 0 Å². The van der Waals surface area contributed by atoms with E-state index in [9.17, 15) is 13.2 Å². The van der Waals surface area contributed by atoms with Crippen molar-refractivity contribution >= 4 is 15.9 Å². The second-order valence-electron chi connectivity index (χ2n) is 7.77. The van der Waals surface area contributed by atoms with Crippen molar-refractivity contribution in [3.05, 3.63) is 53.6 Å². The standard InChI is InChI=1S/C20H25N5O3S/c1-23(2)17-6-10-25(14-17)29(27,28)18-4-3-15-5-9-24(13-16(15)11-18)20(26)19-12-21-7-8-22-19/h3-4,7-8,11-12,17H,5-6,9-10,13-14H2,1-2H3/t17-/m1/s1. The molecule has 0 radical (unpaired) electrons. The molecule has 0 unspecified atom stereocenters. The number of aromatic nitrogens is 2. The van der Waals surface area contributed by atoms with Gasteiger partial charge in [-0.3, -0.25) is 9.78 Å². The SMILES string of the molecule is CN(C)[C@@H]1CCN(S(=O)(=O)c2ccc3c(c2)CN(C(=O)c2cnccn2)CC3)C1. The lowest BCUT2D eigenvalue weighted by Gasteiger charge is -2.29. The Kier molecular flexibility index (Phi) is 5.37. The van der Waals surface area contributed by atoms with Crippen LogP contribution < -0.4 is 0 Å². The van der Waals surface area contributed by atoms with Gasteiger partial charge in [-0.2, -0.15) is 4.31 Å². The number of benzene rings is 1. The maximum Gasteiger partial charge on any atom is 0.274 e. The summed E-state index contributed by atoms with van der Waals surface area (Å²) in [5.74, 6) is -0.189. The van der Waals surface area contributed by atoms with Gasteiger partial charge >= 0.3 is 0 Å². The van der Waals surface area contributed by atoms with E-state index in [1.54, 1.807) is 21.3 Å². The molecule has 4 rings (SSSR count). The highest BCUT2D eigenvalue weighted by molar-refractivity contribution is 7.89. The molecule has 8 nitrogen and oxygen atoms in total. The van der Waals surface area contributed by atoms with Gasteiger partial charge in [0.2, 0.25) is 10.0 Å². The quantitative estimate of drug-likeness (QED) is 0.741. The molecule has 0 spiro atoms. The van der Waals surface area contributed by atoms with Gasteiger partial charge in [0, 0.05) is 44.6 Å². The lowest BCUT2D eigenvalue weighted by molar-refractivity contribution is 0.0728. The fourth-order valence-electron chi connectivity index (χ4n) is 3.94. The van der Waals surface area contributed by atoms with Crippen LogP contribution in [0.15, 0.2) is 41.7 Å². The normalized spacial score (nSPS) is 20.1. The van der Waals surface area contributed by atoms with Crippen LogP contribution in [0.4, 0.5) is 0 Å². The molecule has 1 saturated heterocycles. The highest BCUT2D eigenvalue weighted by Crippen LogP contribution is 2.27. The van der Waals surface area contributed by atoms with E-state index in [-0.39, 0.29) is 11.9 Å². The molecule has 1 amide bonds. The summed E-state index contributed by atoms with van der Waals surface area (Å²) in [4.78, 5) is 24.8. The summed E-state index contributed by atoms with van der Waals surface area (Å²) >= 11 is 0. The molecule has 1 atom stereocenters. The predicted molar refractivity (Wildman–Crippen MR) is 108 cm³/mol. The summed E-state index contributed by atoms with van der Waals surface area (Å²) in [5, 5.41) is 0. The molecular formula is C20H25N5O3S. The van der Waals surface area contributed by atoms with Crippen LogP contribution in [0.25, 0.3) is 0 Å². The van der Waals surface area contributed by atoms with Gasteiger partial charge in [-0.05, 0) is 50.2 Å². The van der Waals surface area contributed by atoms with Crippen LogP contribution >= 0.6 is 0 Å². The van der Waals surface area contributed by atoms with Crippen LogP contribution in [0.1, 0.15) is 28.0 Å². The maximum absolute atomic E-state index is 13.1. The van der Waals surface area contributed by atoms with Crippen LogP contribution in [-0.4, -0.2) is 78.2 Å². The number of hydrogen-bond acceptors (Lipinski definition) is 6. The first-order valence-electron chi connectivity index (χ1n) is 9.70. The van der Waals surface area contributed by atoms with Gasteiger partial charge in [0.15, 0.2) is 0 Å². The minimum atomic E-state index is -3.55. The second kappa shape index (κ2) is 7.81. The molecule has 0 saturated carbocycles. The molecule has 3 heterocycles. The van der Waals surface area contributed by atoms with Gasteiger partial charge in [-0.15, -0.1) is 0 Å². The molecule has 9 heteroatoms. The van der Waals surface area contributed by atoms with E-state index in [1.807, 2.05) is 20.2 Å². The Morgan fingerprint density at radius 3 is 2.69 bits per heavy atom. The molecule has 1 aromatic heterocycles. The first kappa shape index (κ1) is 19.9. The zero-order chi connectivity index (χ0) is 20.6. The van der Waals surface area contributed by atoms with Crippen molar-refractivity contribution in [2.75, 3.05) is 33.7 Å². The van der Waals surface area contributed by atoms with Gasteiger partial charge in [-0.1, -0.05) is 6.07 Å². The number of nitrogens with zero attached hydrogens (tertiary/aromatic N) is 5. The highest BCUT2D eigenvalue weighted by atomic mass is 32.2. The molecule has 0 N–H and O–H groups in total. The monoisotopic (exact) mass is 415 g/mol. The molecule has 1 aromatic carbocycles. The van der Waals surface area contributed by atoms with E-state index in [4.69, 9.17) is 0 Å². The van der Waals surface area contributed by atoms with E-state index in [0.717, 1.165) is 17.5 Å². The summed E-state index contributed by atoms with van der Waals surface area (Å²) < 4.78 is 27.8. The van der Waals surface area contributed by atoms with Crippen molar-refractivity contribution < 1.29 is 13.2 Å². The van der Waals surface area contributed by atoms with Crippen LogP contribution in [-0.2, 0) is 23.0 Å². The van der Waals surface area contributed by atoms with Crippen LogP contribution in [0, 0.1) is 0 Å². The Labute approximate surface area is 171 Å². The fourth-order valence-corrected chi connectivity index (χ4v) is 5.48. The number of likely N-dealkylation sites (N-methyl/N-ethyl adjacent to an activating group) is 1. The average molecular weight is 416 g/mol. The Balaban J connectivity index is 1.55. The topological polar surface area (TPSA) is 86.7 Å². The maximum atomic E-state index is 13.1. The van der Waals surface area contributed by atoms with E-state index in [2.05, 4.69) is 14.9 Å². The van der Waals surface area contributed by atoms with Crippen molar-refractivity contribution in [2.24, 2.45) is 0 Å². The minimum absolute atomic E-state index is 0.189. The van der Waals surface area contributed by atoms with Gasteiger partial charge in [0.1, 0.15) is 5.69 Å². The minimum Gasteiger partial charge on any atom is -0.333 e. The van der Waals surface area contributed by atoms with Crippen LogP contribution in [0.5, 0.6) is 0 Å². The lowest BCUT2D eigenvalue weighted by atomic mass is 10.00. The number of sulfonamides is 1. The zero-order valence-corrected chi connectivity index (χ0v) is 17.5. The van der Waals surface area contributed by atoms with Crippen molar-refractivity contribution in [3.63, 3.8) is 0 Å². The summed E-state index contributed by atoms with van der Waals surface area (Å²) in [5.41, 5.74) is 2.25. The van der Waals surface area contributed by atoms with Crippen molar-refractivity contribution in [1.82, 2.24) is 24.1 Å². The van der Waals surface area contributed by atoms with E-state index < -0.39 is 10.0 Å². The second-order valence-corrected chi connectivity index (χ2v) is 9.70. The number of carbonyl (C=O) groups is 1. The molecule has 1 fully saturated rings. The van der Waals surface area contributed by atoms with Crippen molar-refractivity contribution in [2.45, 2.75) is 30.3 Å². The molecule has 2 aliphatic heterocycles. The number of rotatable bonds is 4. The predicted octanol–water partition coefficient (Wildman–Crippen LogP) is 1.000. The van der Waals surface area contributed by atoms with Crippen molar-refractivity contribution in [1.29, 1.82) is 0 Å². The van der Waals surface area contributed by atoms with Crippen molar-refractivity contribution in [3.8, 4) is 0 Å². The summed E-state index contributed by atoms with van der Waals surface area (Å²) in [6.45, 7) is 1.98. The Morgan fingerprint density at radius 2 is 2.00 bits per heavy atom.